The first-order valence-electron chi connectivity index (χ1n) is 10.9. The van der Waals surface area contributed by atoms with Gasteiger partial charge in [-0.3, -0.25) is 4.98 Å². The second kappa shape index (κ2) is 11.1. The Bertz CT molecular complexity index is 1290. The molecule has 7 nitrogen and oxygen atoms in total. The highest BCUT2D eigenvalue weighted by Crippen LogP contribution is 2.40. The predicted molar refractivity (Wildman–Crippen MR) is 131 cm³/mol. The number of benzene rings is 2. The smallest absolute Gasteiger partial charge is 0.489 e. The summed E-state index contributed by atoms with van der Waals surface area (Å²) in [6, 6.07) is 10.4. The van der Waals surface area contributed by atoms with Gasteiger partial charge >= 0.3 is 18.3 Å². The number of rotatable bonds is 7. The van der Waals surface area contributed by atoms with Crippen LogP contribution in [0.3, 0.4) is 0 Å². The summed E-state index contributed by atoms with van der Waals surface area (Å²) < 4.78 is 56.2. The van der Waals surface area contributed by atoms with E-state index in [9.17, 15) is 27.9 Å². The molecule has 0 aliphatic rings. The highest BCUT2D eigenvalue weighted by molar-refractivity contribution is 7.98. The average molecular weight is 536 g/mol. The normalized spacial score (nSPS) is 11.6. The number of pyridine rings is 1. The fourth-order valence-electron chi connectivity index (χ4n) is 3.25. The first kappa shape index (κ1) is 27.9. The lowest BCUT2D eigenvalue weighted by atomic mass is 10.0. The van der Waals surface area contributed by atoms with Gasteiger partial charge in [-0.25, -0.2) is 9.59 Å². The summed E-state index contributed by atoms with van der Waals surface area (Å²) in [4.78, 5) is 29.3. The summed E-state index contributed by atoms with van der Waals surface area (Å²) >= 11 is 1.56. The number of hydrogen-bond acceptors (Lipinski definition) is 7. The van der Waals surface area contributed by atoms with Crippen LogP contribution in [0.4, 0.5) is 18.0 Å². The van der Waals surface area contributed by atoms with E-state index in [2.05, 4.69) is 4.98 Å². The molecule has 0 unspecified atom stereocenters. The van der Waals surface area contributed by atoms with Gasteiger partial charge in [0.1, 0.15) is 23.5 Å². The molecule has 0 aliphatic carbocycles. The summed E-state index contributed by atoms with van der Waals surface area (Å²) in [5, 5.41) is 9.72. The van der Waals surface area contributed by atoms with Gasteiger partial charge in [-0.05, 0) is 56.9 Å². The number of ether oxygens (including phenoxy) is 3. The number of nitrogens with zero attached hydrogens (tertiary/aromatic N) is 1. The van der Waals surface area contributed by atoms with Gasteiger partial charge in [0.25, 0.3) is 0 Å². The molecular weight excluding hydrogens is 511 g/mol. The zero-order valence-corrected chi connectivity index (χ0v) is 21.2. The molecule has 3 rings (SSSR count). The Hall–Kier alpha value is -3.73. The first-order chi connectivity index (χ1) is 17.3. The predicted octanol–water partition coefficient (Wildman–Crippen LogP) is 7.08. The molecule has 0 radical (unpaired) electrons. The van der Waals surface area contributed by atoms with Crippen molar-refractivity contribution in [3.8, 4) is 22.6 Å². The van der Waals surface area contributed by atoms with Gasteiger partial charge in [0, 0.05) is 28.4 Å². The number of carboxylic acids is 1. The number of carbonyl (C=O) groups is 2. The average Bonchev–Trinajstić information content (AvgIpc) is 2.80. The molecule has 0 spiro atoms. The van der Waals surface area contributed by atoms with Gasteiger partial charge in [-0.2, -0.15) is 13.2 Å². The molecule has 1 heterocycles. The van der Waals surface area contributed by atoms with E-state index in [4.69, 9.17) is 14.2 Å². The van der Waals surface area contributed by atoms with Crippen LogP contribution in [0.5, 0.6) is 11.5 Å². The van der Waals surface area contributed by atoms with Crippen molar-refractivity contribution in [1.82, 2.24) is 4.98 Å². The Morgan fingerprint density at radius 3 is 2.24 bits per heavy atom. The van der Waals surface area contributed by atoms with Gasteiger partial charge < -0.3 is 19.3 Å². The van der Waals surface area contributed by atoms with Crippen molar-refractivity contribution in [1.29, 1.82) is 0 Å². The number of halogens is 3. The van der Waals surface area contributed by atoms with Crippen molar-refractivity contribution >= 4 is 23.9 Å². The summed E-state index contributed by atoms with van der Waals surface area (Å²) in [5.41, 5.74) is -1.72. The van der Waals surface area contributed by atoms with E-state index in [0.29, 0.717) is 11.8 Å². The van der Waals surface area contributed by atoms with E-state index in [1.165, 1.54) is 20.8 Å². The SMILES string of the molecule is CSc1cncc(-c2ccc(OCc3ccc(C(F)(F)F)c(OC(=O)OC(C)(C)C)c3C(=O)O)cc2)c1. The molecule has 11 heteroatoms. The van der Waals surface area contributed by atoms with Crippen molar-refractivity contribution in [2.75, 3.05) is 6.26 Å². The maximum absolute atomic E-state index is 13.6. The molecule has 37 heavy (non-hydrogen) atoms. The second-order valence-corrected chi connectivity index (χ2v) is 9.65. The first-order valence-corrected chi connectivity index (χ1v) is 12.1. The molecule has 2 aromatic carbocycles. The zero-order chi connectivity index (χ0) is 27.4. The Labute approximate surface area is 215 Å². The van der Waals surface area contributed by atoms with Crippen molar-refractivity contribution in [2.45, 2.75) is 44.1 Å². The van der Waals surface area contributed by atoms with Crippen LogP contribution in [0.1, 0.15) is 42.3 Å². The van der Waals surface area contributed by atoms with Crippen LogP contribution in [-0.2, 0) is 17.5 Å². The Morgan fingerprint density at radius 1 is 1.00 bits per heavy atom. The van der Waals surface area contributed by atoms with E-state index >= 15 is 0 Å². The fourth-order valence-corrected chi connectivity index (χ4v) is 3.67. The third-order valence-electron chi connectivity index (χ3n) is 4.87. The molecular formula is C26H24F3NO6S. The lowest BCUT2D eigenvalue weighted by Gasteiger charge is -2.21. The lowest BCUT2D eigenvalue weighted by Crippen LogP contribution is -2.27. The van der Waals surface area contributed by atoms with E-state index < -0.39 is 47.4 Å². The van der Waals surface area contributed by atoms with Crippen LogP contribution in [0, 0.1) is 0 Å². The van der Waals surface area contributed by atoms with Crippen LogP contribution in [0.15, 0.2) is 59.8 Å². The highest BCUT2D eigenvalue weighted by Gasteiger charge is 2.39. The molecule has 0 saturated carbocycles. The number of alkyl halides is 3. The minimum Gasteiger partial charge on any atom is -0.489 e. The highest BCUT2D eigenvalue weighted by atomic mass is 32.2. The van der Waals surface area contributed by atoms with Crippen molar-refractivity contribution in [3.05, 3.63) is 71.5 Å². The van der Waals surface area contributed by atoms with E-state index in [0.717, 1.165) is 22.1 Å². The molecule has 0 amide bonds. The standard InChI is InChI=1S/C26H24F3NO6S/c1-25(2,3)36-24(33)35-22-20(26(27,28)29)10-7-16(21(22)23(31)32)14-34-18-8-5-15(6-9-18)17-11-19(37-4)13-30-12-17/h5-13H,14H2,1-4H3,(H,31,32). The zero-order valence-electron chi connectivity index (χ0n) is 20.4. The molecule has 0 fully saturated rings. The van der Waals surface area contributed by atoms with Gasteiger partial charge in [0.15, 0.2) is 5.75 Å². The number of carboxylic acid groups (broad SMARTS) is 1. The molecule has 196 valence electrons. The Balaban J connectivity index is 1.89. The van der Waals surface area contributed by atoms with Gasteiger partial charge in [0.05, 0.1) is 5.56 Å². The molecule has 0 bridgehead atoms. The summed E-state index contributed by atoms with van der Waals surface area (Å²) in [5.74, 6) is -2.53. The van der Waals surface area contributed by atoms with Gasteiger partial charge in [-0.15, -0.1) is 11.8 Å². The van der Waals surface area contributed by atoms with E-state index in [1.54, 1.807) is 48.4 Å². The van der Waals surface area contributed by atoms with Crippen molar-refractivity contribution in [3.63, 3.8) is 0 Å². The topological polar surface area (TPSA) is 95.0 Å². The summed E-state index contributed by atoms with van der Waals surface area (Å²) in [7, 11) is 0. The number of hydrogen-bond donors (Lipinski definition) is 1. The molecule has 0 saturated heterocycles. The van der Waals surface area contributed by atoms with Crippen LogP contribution in [0.25, 0.3) is 11.1 Å². The van der Waals surface area contributed by atoms with Crippen LogP contribution < -0.4 is 9.47 Å². The van der Waals surface area contributed by atoms with Gasteiger partial charge in [0.2, 0.25) is 0 Å². The molecule has 3 aromatic rings. The van der Waals surface area contributed by atoms with Crippen molar-refractivity contribution < 1.29 is 42.1 Å². The number of carbonyl (C=O) groups excluding carboxylic acids is 1. The lowest BCUT2D eigenvalue weighted by molar-refractivity contribution is -0.138. The van der Waals surface area contributed by atoms with E-state index in [1.807, 2.05) is 12.3 Å². The largest absolute Gasteiger partial charge is 0.514 e. The monoisotopic (exact) mass is 535 g/mol. The molecule has 1 N–H and O–H groups in total. The minimum absolute atomic E-state index is 0.125. The third kappa shape index (κ3) is 7.39. The van der Waals surface area contributed by atoms with Crippen LogP contribution in [0.2, 0.25) is 0 Å². The summed E-state index contributed by atoms with van der Waals surface area (Å²) in [6.45, 7) is 4.07. The molecule has 0 atom stereocenters. The maximum Gasteiger partial charge on any atom is 0.514 e. The Kier molecular flexibility index (Phi) is 8.37. The number of thioether (sulfide) groups is 1. The van der Waals surface area contributed by atoms with Crippen molar-refractivity contribution in [2.24, 2.45) is 0 Å². The second-order valence-electron chi connectivity index (χ2n) is 8.77. The van der Waals surface area contributed by atoms with E-state index in [-0.39, 0.29) is 5.56 Å². The van der Waals surface area contributed by atoms with Crippen LogP contribution >= 0.6 is 11.8 Å². The summed E-state index contributed by atoms with van der Waals surface area (Å²) in [6.07, 6.45) is -1.05. The molecule has 1 aromatic heterocycles. The van der Waals surface area contributed by atoms with Crippen LogP contribution in [-0.4, -0.2) is 34.1 Å². The number of aromatic carboxylic acids is 1. The van der Waals surface area contributed by atoms with Gasteiger partial charge in [-0.1, -0.05) is 18.2 Å². The quantitative estimate of drug-likeness (QED) is 0.195. The maximum atomic E-state index is 13.6. The fraction of sp³-hybridized carbons (Fsp3) is 0.269. The number of aromatic nitrogens is 1. The Morgan fingerprint density at radius 2 is 1.68 bits per heavy atom. The molecule has 0 aliphatic heterocycles. The minimum atomic E-state index is -4.99. The third-order valence-corrected chi connectivity index (χ3v) is 5.56.